The van der Waals surface area contributed by atoms with Crippen molar-refractivity contribution >= 4 is 22.9 Å². The van der Waals surface area contributed by atoms with Gasteiger partial charge in [-0.25, -0.2) is 0 Å². The van der Waals surface area contributed by atoms with Gasteiger partial charge in [-0.1, -0.05) is 6.07 Å². The maximum Gasteiger partial charge on any atom is 0.251 e. The number of aliphatic hydroxyl groups excluding tert-OH is 1. The molecule has 1 aromatic carbocycles. The van der Waals surface area contributed by atoms with E-state index < -0.39 is 6.10 Å². The molecule has 0 saturated heterocycles. The molecule has 0 radical (unpaired) electrons. The maximum atomic E-state index is 12.1. The first-order chi connectivity index (χ1) is 9.74. The highest BCUT2D eigenvalue weighted by atomic mass is 32.1. The second-order valence-electron chi connectivity index (χ2n) is 4.83. The van der Waals surface area contributed by atoms with Crippen molar-refractivity contribution in [2.24, 2.45) is 0 Å². The predicted molar refractivity (Wildman–Crippen MR) is 80.2 cm³/mol. The molecule has 0 fully saturated rings. The Hall–Kier alpha value is -1.85. The van der Waals surface area contributed by atoms with E-state index in [1.54, 1.807) is 0 Å². The van der Waals surface area contributed by atoms with Gasteiger partial charge in [-0.15, -0.1) is 0 Å². The van der Waals surface area contributed by atoms with Crippen LogP contribution in [-0.2, 0) is 6.42 Å². The van der Waals surface area contributed by atoms with E-state index in [9.17, 15) is 9.90 Å². The fourth-order valence-corrected chi connectivity index (χ4v) is 3.01. The quantitative estimate of drug-likeness (QED) is 0.808. The highest BCUT2D eigenvalue weighted by molar-refractivity contribution is 7.07. The fraction of sp³-hybridized carbons (Fsp3) is 0.267. The van der Waals surface area contributed by atoms with E-state index >= 15 is 0 Å². The van der Waals surface area contributed by atoms with Crippen molar-refractivity contribution < 1.29 is 9.90 Å². The van der Waals surface area contributed by atoms with Crippen molar-refractivity contribution in [1.82, 2.24) is 5.32 Å². The summed E-state index contributed by atoms with van der Waals surface area (Å²) in [6, 6.07) is 7.55. The first kappa shape index (κ1) is 13.1. The summed E-state index contributed by atoms with van der Waals surface area (Å²) < 4.78 is 0. The number of hydrogen-bond donors (Lipinski definition) is 3. The second kappa shape index (κ2) is 5.64. The molecule has 0 saturated carbocycles. The molecule has 0 aliphatic carbocycles. The molecule has 3 N–H and O–H groups in total. The van der Waals surface area contributed by atoms with Crippen molar-refractivity contribution in [1.29, 1.82) is 0 Å². The van der Waals surface area contributed by atoms with Gasteiger partial charge in [0.1, 0.15) is 0 Å². The minimum atomic E-state index is -0.655. The van der Waals surface area contributed by atoms with Gasteiger partial charge in [0.05, 0.1) is 6.10 Å². The molecule has 1 aromatic heterocycles. The molecular weight excluding hydrogens is 272 g/mol. The summed E-state index contributed by atoms with van der Waals surface area (Å²) in [5.41, 5.74) is 3.75. The second-order valence-corrected chi connectivity index (χ2v) is 5.61. The molecule has 4 nitrogen and oxygen atoms in total. The normalized spacial score (nSPS) is 14.4. The Morgan fingerprint density at radius 1 is 1.45 bits per heavy atom. The predicted octanol–water partition coefficient (Wildman–Crippen LogP) is 2.18. The summed E-state index contributed by atoms with van der Waals surface area (Å²) in [5, 5.41) is 19.8. The van der Waals surface area contributed by atoms with Crippen LogP contribution < -0.4 is 10.6 Å². The Morgan fingerprint density at radius 2 is 2.35 bits per heavy atom. The number of carbonyl (C=O) groups is 1. The molecule has 5 heteroatoms. The van der Waals surface area contributed by atoms with Crippen LogP contribution in [0.5, 0.6) is 0 Å². The molecule has 20 heavy (non-hydrogen) atoms. The van der Waals surface area contributed by atoms with Gasteiger partial charge in [0.15, 0.2) is 0 Å². The molecule has 3 rings (SSSR count). The lowest BCUT2D eigenvalue weighted by Gasteiger charge is -2.11. The molecule has 1 unspecified atom stereocenters. The third-order valence-electron chi connectivity index (χ3n) is 3.47. The van der Waals surface area contributed by atoms with Crippen LogP contribution in [0.15, 0.2) is 35.0 Å². The number of amides is 1. The number of carbonyl (C=O) groups excluding carboxylic acids is 1. The Morgan fingerprint density at radius 3 is 3.15 bits per heavy atom. The van der Waals surface area contributed by atoms with Crippen molar-refractivity contribution in [2.45, 2.75) is 12.5 Å². The number of aliphatic hydroxyl groups is 1. The molecular formula is C15H16N2O2S. The lowest BCUT2D eigenvalue weighted by Crippen LogP contribution is -2.28. The molecule has 2 aromatic rings. The first-order valence-corrected chi connectivity index (χ1v) is 7.53. The minimum Gasteiger partial charge on any atom is -0.387 e. The van der Waals surface area contributed by atoms with Gasteiger partial charge in [0.25, 0.3) is 5.91 Å². The van der Waals surface area contributed by atoms with Crippen molar-refractivity contribution in [3.63, 3.8) is 0 Å². The van der Waals surface area contributed by atoms with Crippen molar-refractivity contribution in [3.8, 4) is 0 Å². The van der Waals surface area contributed by atoms with Crippen LogP contribution in [0.1, 0.15) is 27.6 Å². The smallest absolute Gasteiger partial charge is 0.251 e. The van der Waals surface area contributed by atoms with Crippen LogP contribution in [0.2, 0.25) is 0 Å². The average molecular weight is 288 g/mol. The SMILES string of the molecule is O=C(NCC(O)c1ccsc1)c1ccc2c(c1)NCC2. The van der Waals surface area contributed by atoms with Gasteiger partial charge in [-0.2, -0.15) is 11.3 Å². The fourth-order valence-electron chi connectivity index (χ4n) is 2.31. The highest BCUT2D eigenvalue weighted by Gasteiger charge is 2.14. The summed E-state index contributed by atoms with van der Waals surface area (Å²) in [6.45, 7) is 1.15. The van der Waals surface area contributed by atoms with Gasteiger partial charge in [-0.05, 0) is 46.5 Å². The van der Waals surface area contributed by atoms with Crippen LogP contribution in [0.25, 0.3) is 0 Å². The molecule has 1 amide bonds. The number of rotatable bonds is 4. The van der Waals surface area contributed by atoms with Crippen molar-refractivity contribution in [3.05, 3.63) is 51.7 Å². The van der Waals surface area contributed by atoms with Crippen LogP contribution >= 0.6 is 11.3 Å². The number of anilines is 1. The van der Waals surface area contributed by atoms with Gasteiger partial charge in [0, 0.05) is 24.3 Å². The Kier molecular flexibility index (Phi) is 3.71. The Bertz CT molecular complexity index is 610. The standard InChI is InChI=1S/C15H16N2O2S/c18-14(12-4-6-20-9-12)8-17-15(19)11-2-1-10-3-5-16-13(10)7-11/h1-2,4,6-7,9,14,16,18H,3,5,8H2,(H,17,19). The molecule has 104 valence electrons. The van der Waals surface area contributed by atoms with E-state index in [-0.39, 0.29) is 12.5 Å². The Balaban J connectivity index is 1.62. The minimum absolute atomic E-state index is 0.157. The number of hydrogen-bond acceptors (Lipinski definition) is 4. The highest BCUT2D eigenvalue weighted by Crippen LogP contribution is 2.23. The Labute approximate surface area is 121 Å². The van der Waals surface area contributed by atoms with Crippen LogP contribution in [0.4, 0.5) is 5.69 Å². The monoisotopic (exact) mass is 288 g/mol. The zero-order chi connectivity index (χ0) is 13.9. The summed E-state index contributed by atoms with van der Waals surface area (Å²) in [7, 11) is 0. The van der Waals surface area contributed by atoms with Gasteiger partial charge >= 0.3 is 0 Å². The molecule has 1 aliphatic rings. The van der Waals surface area contributed by atoms with E-state index in [2.05, 4.69) is 10.6 Å². The van der Waals surface area contributed by atoms with Crippen LogP contribution in [0.3, 0.4) is 0 Å². The lowest BCUT2D eigenvalue weighted by atomic mass is 10.1. The molecule has 2 heterocycles. The molecule has 0 bridgehead atoms. The maximum absolute atomic E-state index is 12.1. The zero-order valence-electron chi connectivity index (χ0n) is 10.9. The molecule has 1 atom stereocenters. The van der Waals surface area contributed by atoms with E-state index in [4.69, 9.17) is 0 Å². The van der Waals surface area contributed by atoms with Crippen LogP contribution in [0, 0.1) is 0 Å². The van der Waals surface area contributed by atoms with E-state index in [0.717, 1.165) is 24.2 Å². The lowest BCUT2D eigenvalue weighted by molar-refractivity contribution is 0.0916. The zero-order valence-corrected chi connectivity index (χ0v) is 11.7. The molecule has 0 spiro atoms. The van der Waals surface area contributed by atoms with E-state index in [1.165, 1.54) is 16.9 Å². The van der Waals surface area contributed by atoms with Crippen molar-refractivity contribution in [2.75, 3.05) is 18.4 Å². The first-order valence-electron chi connectivity index (χ1n) is 6.59. The third kappa shape index (κ3) is 2.69. The third-order valence-corrected chi connectivity index (χ3v) is 4.17. The van der Waals surface area contributed by atoms with E-state index in [1.807, 2.05) is 35.0 Å². The number of benzene rings is 1. The van der Waals surface area contributed by atoms with Gasteiger partial charge in [-0.3, -0.25) is 4.79 Å². The van der Waals surface area contributed by atoms with Gasteiger partial charge < -0.3 is 15.7 Å². The van der Waals surface area contributed by atoms with E-state index in [0.29, 0.717) is 5.56 Å². The largest absolute Gasteiger partial charge is 0.387 e. The topological polar surface area (TPSA) is 61.4 Å². The number of nitrogens with one attached hydrogen (secondary N) is 2. The van der Waals surface area contributed by atoms with Gasteiger partial charge in [0.2, 0.25) is 0 Å². The molecule has 1 aliphatic heterocycles. The summed E-state index contributed by atoms with van der Waals surface area (Å²) in [5.74, 6) is -0.157. The summed E-state index contributed by atoms with van der Waals surface area (Å²) in [4.78, 5) is 12.1. The summed E-state index contributed by atoms with van der Waals surface area (Å²) >= 11 is 1.53. The number of fused-ring (bicyclic) bond motifs is 1. The number of thiophene rings is 1. The summed E-state index contributed by atoms with van der Waals surface area (Å²) in [6.07, 6.45) is 0.353. The average Bonchev–Trinajstić information content (AvgIpc) is 3.13. The van der Waals surface area contributed by atoms with Crippen LogP contribution in [-0.4, -0.2) is 24.1 Å².